The van der Waals surface area contributed by atoms with E-state index < -0.39 is 6.10 Å². The lowest BCUT2D eigenvalue weighted by atomic mass is 9.92. The summed E-state index contributed by atoms with van der Waals surface area (Å²) in [4.78, 5) is 14.5. The van der Waals surface area contributed by atoms with E-state index in [1.807, 2.05) is 30.9 Å². The van der Waals surface area contributed by atoms with Gasteiger partial charge in [-0.2, -0.15) is 0 Å². The van der Waals surface area contributed by atoms with Crippen molar-refractivity contribution in [2.24, 2.45) is 11.7 Å². The average molecular weight is 325 g/mol. The first-order valence-corrected chi connectivity index (χ1v) is 8.23. The molecule has 2 rings (SSSR count). The highest BCUT2D eigenvalue weighted by atomic mass is 35.5. The van der Waals surface area contributed by atoms with E-state index in [4.69, 9.17) is 22.1 Å². The SMILES string of the molecule is Cc1cc(Cl)ccc1O[C@H](C)C(=O)N1CCC[C@@H]([C@H](C)N)C1. The molecule has 1 aromatic rings. The van der Waals surface area contributed by atoms with Crippen molar-refractivity contribution < 1.29 is 9.53 Å². The third kappa shape index (κ3) is 4.14. The summed E-state index contributed by atoms with van der Waals surface area (Å²) in [5.41, 5.74) is 6.91. The highest BCUT2D eigenvalue weighted by molar-refractivity contribution is 6.30. The van der Waals surface area contributed by atoms with Crippen LogP contribution in [0.3, 0.4) is 0 Å². The van der Waals surface area contributed by atoms with Gasteiger partial charge < -0.3 is 15.4 Å². The number of likely N-dealkylation sites (tertiary alicyclic amines) is 1. The van der Waals surface area contributed by atoms with Crippen LogP contribution >= 0.6 is 11.6 Å². The Morgan fingerprint density at radius 3 is 2.82 bits per heavy atom. The van der Waals surface area contributed by atoms with Gasteiger partial charge in [0, 0.05) is 24.2 Å². The van der Waals surface area contributed by atoms with Crippen LogP contribution in [0.1, 0.15) is 32.3 Å². The van der Waals surface area contributed by atoms with Crippen molar-refractivity contribution in [2.45, 2.75) is 45.8 Å². The maximum atomic E-state index is 12.6. The molecule has 2 N–H and O–H groups in total. The van der Waals surface area contributed by atoms with E-state index in [1.54, 1.807) is 13.0 Å². The molecule has 0 aliphatic carbocycles. The molecule has 1 heterocycles. The summed E-state index contributed by atoms with van der Waals surface area (Å²) in [7, 11) is 0. The van der Waals surface area contributed by atoms with Gasteiger partial charge in [-0.1, -0.05) is 11.6 Å². The second kappa shape index (κ2) is 7.34. The summed E-state index contributed by atoms with van der Waals surface area (Å²) in [5.74, 6) is 1.10. The van der Waals surface area contributed by atoms with Crippen LogP contribution in [0.25, 0.3) is 0 Å². The van der Waals surface area contributed by atoms with Crippen LogP contribution in [-0.2, 0) is 4.79 Å². The molecule has 1 amide bonds. The fraction of sp³-hybridized carbons (Fsp3) is 0.588. The monoisotopic (exact) mass is 324 g/mol. The number of halogens is 1. The Morgan fingerprint density at radius 2 is 2.18 bits per heavy atom. The number of rotatable bonds is 4. The molecule has 4 nitrogen and oxygen atoms in total. The molecular formula is C17H25ClN2O2. The van der Waals surface area contributed by atoms with E-state index in [0.29, 0.717) is 16.7 Å². The lowest BCUT2D eigenvalue weighted by Gasteiger charge is -2.36. The van der Waals surface area contributed by atoms with Gasteiger partial charge in [-0.15, -0.1) is 0 Å². The molecule has 0 bridgehead atoms. The number of carbonyl (C=O) groups is 1. The number of piperidine rings is 1. The molecule has 0 radical (unpaired) electrons. The van der Waals surface area contributed by atoms with E-state index in [-0.39, 0.29) is 11.9 Å². The first-order chi connectivity index (χ1) is 10.4. The smallest absolute Gasteiger partial charge is 0.263 e. The lowest BCUT2D eigenvalue weighted by Crippen LogP contribution is -2.48. The topological polar surface area (TPSA) is 55.6 Å². The van der Waals surface area contributed by atoms with Gasteiger partial charge in [-0.3, -0.25) is 4.79 Å². The molecule has 5 heteroatoms. The first kappa shape index (κ1) is 17.1. The van der Waals surface area contributed by atoms with Gasteiger partial charge in [0.2, 0.25) is 0 Å². The second-order valence-corrected chi connectivity index (χ2v) is 6.65. The molecule has 0 aromatic heterocycles. The Kier molecular flexibility index (Phi) is 5.70. The summed E-state index contributed by atoms with van der Waals surface area (Å²) < 4.78 is 5.83. The number of hydrogen-bond donors (Lipinski definition) is 1. The third-order valence-corrected chi connectivity index (χ3v) is 4.54. The van der Waals surface area contributed by atoms with Crippen molar-refractivity contribution >= 4 is 17.5 Å². The molecule has 0 unspecified atom stereocenters. The Morgan fingerprint density at radius 1 is 1.45 bits per heavy atom. The van der Waals surface area contributed by atoms with Crippen LogP contribution in [-0.4, -0.2) is 36.0 Å². The third-order valence-electron chi connectivity index (χ3n) is 4.30. The Hall–Kier alpha value is -1.26. The van der Waals surface area contributed by atoms with Crippen LogP contribution < -0.4 is 10.5 Å². The van der Waals surface area contributed by atoms with Gasteiger partial charge in [0.05, 0.1) is 0 Å². The van der Waals surface area contributed by atoms with Crippen molar-refractivity contribution in [3.63, 3.8) is 0 Å². The standard InChI is InChI=1S/C17H25ClN2O2/c1-11-9-15(18)6-7-16(11)22-13(3)17(21)20-8-4-5-14(10-20)12(2)19/h6-7,9,12-14H,4-5,8,10,19H2,1-3H3/t12-,13+,14+/m0/s1. The molecule has 1 aromatic carbocycles. The summed E-state index contributed by atoms with van der Waals surface area (Å²) in [6, 6.07) is 5.53. The highest BCUT2D eigenvalue weighted by Crippen LogP contribution is 2.24. The zero-order valence-electron chi connectivity index (χ0n) is 13.5. The van der Waals surface area contributed by atoms with Gasteiger partial charge in [-0.05, 0) is 63.3 Å². The van der Waals surface area contributed by atoms with Gasteiger partial charge in [0.1, 0.15) is 5.75 Å². The van der Waals surface area contributed by atoms with Crippen LogP contribution in [0, 0.1) is 12.8 Å². The highest BCUT2D eigenvalue weighted by Gasteiger charge is 2.29. The lowest BCUT2D eigenvalue weighted by molar-refractivity contribution is -0.139. The average Bonchev–Trinajstić information content (AvgIpc) is 2.49. The zero-order valence-corrected chi connectivity index (χ0v) is 14.3. The minimum Gasteiger partial charge on any atom is -0.481 e. The fourth-order valence-electron chi connectivity index (χ4n) is 2.88. The number of ether oxygens (including phenoxy) is 1. The molecule has 22 heavy (non-hydrogen) atoms. The minimum atomic E-state index is -0.508. The van der Waals surface area contributed by atoms with Crippen molar-refractivity contribution in [1.29, 1.82) is 0 Å². The maximum absolute atomic E-state index is 12.6. The summed E-state index contributed by atoms with van der Waals surface area (Å²) >= 11 is 5.94. The first-order valence-electron chi connectivity index (χ1n) is 7.85. The van der Waals surface area contributed by atoms with Crippen molar-refractivity contribution in [1.82, 2.24) is 4.90 Å². The fourth-order valence-corrected chi connectivity index (χ4v) is 3.11. The number of aryl methyl sites for hydroxylation is 1. The van der Waals surface area contributed by atoms with Crippen LogP contribution in [0.2, 0.25) is 5.02 Å². The molecule has 1 aliphatic heterocycles. The quantitative estimate of drug-likeness (QED) is 0.926. The van der Waals surface area contributed by atoms with Gasteiger partial charge in [0.15, 0.2) is 6.10 Å². The molecule has 0 spiro atoms. The molecular weight excluding hydrogens is 300 g/mol. The van der Waals surface area contributed by atoms with Crippen LogP contribution in [0.5, 0.6) is 5.75 Å². The number of hydrogen-bond acceptors (Lipinski definition) is 3. The minimum absolute atomic E-state index is 0.0275. The summed E-state index contributed by atoms with van der Waals surface area (Å²) in [6.07, 6.45) is 1.59. The zero-order chi connectivity index (χ0) is 16.3. The van der Waals surface area contributed by atoms with Gasteiger partial charge in [-0.25, -0.2) is 0 Å². The molecule has 1 aliphatic rings. The summed E-state index contributed by atoms with van der Waals surface area (Å²) in [5, 5.41) is 0.666. The van der Waals surface area contributed by atoms with Crippen LogP contribution in [0.4, 0.5) is 0 Å². The largest absolute Gasteiger partial charge is 0.481 e. The second-order valence-electron chi connectivity index (χ2n) is 6.22. The number of carbonyl (C=O) groups excluding carboxylic acids is 1. The van der Waals surface area contributed by atoms with E-state index >= 15 is 0 Å². The van der Waals surface area contributed by atoms with E-state index in [2.05, 4.69) is 0 Å². The van der Waals surface area contributed by atoms with E-state index in [9.17, 15) is 4.79 Å². The van der Waals surface area contributed by atoms with Crippen molar-refractivity contribution in [3.8, 4) is 5.75 Å². The number of nitrogens with two attached hydrogens (primary N) is 1. The molecule has 1 fully saturated rings. The summed E-state index contributed by atoms with van der Waals surface area (Å²) in [6.45, 7) is 7.24. The number of benzene rings is 1. The molecule has 1 saturated heterocycles. The Labute approximate surface area is 137 Å². The van der Waals surface area contributed by atoms with Crippen LogP contribution in [0.15, 0.2) is 18.2 Å². The normalized spacial score (nSPS) is 21.3. The van der Waals surface area contributed by atoms with Crippen molar-refractivity contribution in [3.05, 3.63) is 28.8 Å². The van der Waals surface area contributed by atoms with Gasteiger partial charge >= 0.3 is 0 Å². The Balaban J connectivity index is 1.99. The maximum Gasteiger partial charge on any atom is 0.263 e. The Bertz CT molecular complexity index is 533. The molecule has 122 valence electrons. The predicted octanol–water partition coefficient (Wildman–Crippen LogP) is 3.00. The number of nitrogens with zero attached hydrogens (tertiary/aromatic N) is 1. The molecule has 3 atom stereocenters. The predicted molar refractivity (Wildman–Crippen MR) is 89.2 cm³/mol. The van der Waals surface area contributed by atoms with E-state index in [1.165, 1.54) is 0 Å². The van der Waals surface area contributed by atoms with E-state index in [0.717, 1.165) is 31.5 Å². The van der Waals surface area contributed by atoms with Crippen molar-refractivity contribution in [2.75, 3.05) is 13.1 Å². The number of amides is 1. The molecule has 0 saturated carbocycles. The van der Waals surface area contributed by atoms with Gasteiger partial charge in [0.25, 0.3) is 5.91 Å².